The van der Waals surface area contributed by atoms with Crippen molar-refractivity contribution in [2.45, 2.75) is 32.7 Å². The van der Waals surface area contributed by atoms with Gasteiger partial charge in [-0.2, -0.15) is 16.4 Å². The summed E-state index contributed by atoms with van der Waals surface area (Å²) in [6.45, 7) is 3.72. The molecular formula is C17H18N2OS. The Labute approximate surface area is 128 Å². The lowest BCUT2D eigenvalue weighted by Crippen LogP contribution is -2.23. The van der Waals surface area contributed by atoms with Crippen LogP contribution in [0.2, 0.25) is 0 Å². The third-order valence-electron chi connectivity index (χ3n) is 3.86. The number of aryl methyl sites for hydroxylation is 1. The SMILES string of the molecule is CCc1ccc(C2=NN(C(C)=O)C(c3ccsc3)C2)cc1. The summed E-state index contributed by atoms with van der Waals surface area (Å²) >= 11 is 1.65. The zero-order valence-corrected chi connectivity index (χ0v) is 13.1. The molecule has 108 valence electrons. The lowest BCUT2D eigenvalue weighted by molar-refractivity contribution is -0.130. The molecule has 1 aromatic heterocycles. The molecule has 0 saturated heterocycles. The molecule has 0 fully saturated rings. The van der Waals surface area contributed by atoms with Gasteiger partial charge in [-0.25, -0.2) is 5.01 Å². The number of thiophene rings is 1. The minimum absolute atomic E-state index is 0.00798. The van der Waals surface area contributed by atoms with E-state index in [0.717, 1.165) is 24.1 Å². The van der Waals surface area contributed by atoms with E-state index in [1.807, 2.05) is 5.38 Å². The fraction of sp³-hybridized carbons (Fsp3) is 0.294. The molecule has 3 nitrogen and oxygen atoms in total. The van der Waals surface area contributed by atoms with E-state index in [4.69, 9.17) is 0 Å². The first-order chi connectivity index (χ1) is 10.2. The van der Waals surface area contributed by atoms with E-state index in [9.17, 15) is 4.79 Å². The van der Waals surface area contributed by atoms with Crippen molar-refractivity contribution < 1.29 is 4.79 Å². The van der Waals surface area contributed by atoms with E-state index in [1.54, 1.807) is 23.3 Å². The lowest BCUT2D eigenvalue weighted by Gasteiger charge is -2.18. The summed E-state index contributed by atoms with van der Waals surface area (Å²) in [5.41, 5.74) is 4.58. The summed E-state index contributed by atoms with van der Waals surface area (Å²) in [5, 5.41) is 10.3. The van der Waals surface area contributed by atoms with Crippen molar-refractivity contribution in [1.82, 2.24) is 5.01 Å². The second kappa shape index (κ2) is 5.82. The first-order valence-electron chi connectivity index (χ1n) is 7.17. The number of hydrogen-bond donors (Lipinski definition) is 0. The maximum Gasteiger partial charge on any atom is 0.240 e. The molecule has 1 aromatic carbocycles. The molecular weight excluding hydrogens is 280 g/mol. The minimum atomic E-state index is -0.00798. The van der Waals surface area contributed by atoms with Gasteiger partial charge in [-0.1, -0.05) is 31.2 Å². The van der Waals surface area contributed by atoms with Crippen LogP contribution in [0.4, 0.5) is 0 Å². The van der Waals surface area contributed by atoms with Crippen LogP contribution < -0.4 is 0 Å². The van der Waals surface area contributed by atoms with Crippen molar-refractivity contribution in [3.63, 3.8) is 0 Å². The maximum absolute atomic E-state index is 11.9. The van der Waals surface area contributed by atoms with Crippen molar-refractivity contribution in [3.8, 4) is 0 Å². The van der Waals surface area contributed by atoms with Gasteiger partial charge in [-0.05, 0) is 39.9 Å². The van der Waals surface area contributed by atoms with Gasteiger partial charge in [0.1, 0.15) is 0 Å². The zero-order valence-electron chi connectivity index (χ0n) is 12.2. The molecule has 0 N–H and O–H groups in total. The van der Waals surface area contributed by atoms with E-state index >= 15 is 0 Å². The predicted octanol–water partition coefficient (Wildman–Crippen LogP) is 4.01. The topological polar surface area (TPSA) is 32.7 Å². The fourth-order valence-corrected chi connectivity index (χ4v) is 3.34. The Hall–Kier alpha value is -1.94. The van der Waals surface area contributed by atoms with Gasteiger partial charge in [0, 0.05) is 13.3 Å². The summed E-state index contributed by atoms with van der Waals surface area (Å²) < 4.78 is 0. The number of amides is 1. The number of hydrazone groups is 1. The molecule has 1 atom stereocenters. The van der Waals surface area contributed by atoms with Crippen molar-refractivity contribution in [2.75, 3.05) is 0 Å². The smallest absolute Gasteiger partial charge is 0.240 e. The fourth-order valence-electron chi connectivity index (χ4n) is 2.63. The molecule has 0 aliphatic carbocycles. The van der Waals surface area contributed by atoms with Gasteiger partial charge < -0.3 is 0 Å². The van der Waals surface area contributed by atoms with Crippen LogP contribution in [0.5, 0.6) is 0 Å². The number of carbonyl (C=O) groups excluding carboxylic acids is 1. The number of hydrogen-bond acceptors (Lipinski definition) is 3. The largest absolute Gasteiger partial charge is 0.273 e. The third kappa shape index (κ3) is 2.76. The molecule has 0 bridgehead atoms. The highest BCUT2D eigenvalue weighted by molar-refractivity contribution is 7.08. The average Bonchev–Trinajstić information content (AvgIpc) is 3.16. The standard InChI is InChI=1S/C17H18N2OS/c1-3-13-4-6-14(7-5-13)16-10-17(15-8-9-21-11-15)19(18-16)12(2)20/h4-9,11,17H,3,10H2,1-2H3. The number of nitrogens with zero attached hydrogens (tertiary/aromatic N) is 2. The van der Waals surface area contributed by atoms with Gasteiger partial charge in [0.05, 0.1) is 11.8 Å². The maximum atomic E-state index is 11.9. The van der Waals surface area contributed by atoms with Gasteiger partial charge in [0.2, 0.25) is 5.91 Å². The zero-order chi connectivity index (χ0) is 14.8. The molecule has 4 heteroatoms. The second-order valence-corrected chi connectivity index (χ2v) is 6.02. The highest BCUT2D eigenvalue weighted by atomic mass is 32.1. The Morgan fingerprint density at radius 3 is 2.67 bits per heavy atom. The molecule has 2 heterocycles. The Kier molecular flexibility index (Phi) is 3.88. The first kappa shape index (κ1) is 14.0. The van der Waals surface area contributed by atoms with Crippen LogP contribution in [-0.4, -0.2) is 16.6 Å². The molecule has 1 aliphatic rings. The van der Waals surface area contributed by atoms with E-state index in [-0.39, 0.29) is 11.9 Å². The predicted molar refractivity (Wildman–Crippen MR) is 86.6 cm³/mol. The van der Waals surface area contributed by atoms with Crippen LogP contribution in [0.15, 0.2) is 46.2 Å². The van der Waals surface area contributed by atoms with Crippen LogP contribution in [0.3, 0.4) is 0 Å². The molecule has 1 amide bonds. The van der Waals surface area contributed by atoms with Crippen LogP contribution in [0.1, 0.15) is 43.0 Å². The van der Waals surface area contributed by atoms with Gasteiger partial charge in [0.25, 0.3) is 0 Å². The summed E-state index contributed by atoms with van der Waals surface area (Å²) in [5.74, 6) is -0.00798. The molecule has 1 unspecified atom stereocenters. The van der Waals surface area contributed by atoms with E-state index in [1.165, 1.54) is 11.1 Å². The van der Waals surface area contributed by atoms with Crippen molar-refractivity contribution >= 4 is 23.0 Å². The highest BCUT2D eigenvalue weighted by Crippen LogP contribution is 2.33. The molecule has 0 saturated carbocycles. The van der Waals surface area contributed by atoms with Crippen LogP contribution in [-0.2, 0) is 11.2 Å². The highest BCUT2D eigenvalue weighted by Gasteiger charge is 2.31. The Morgan fingerprint density at radius 2 is 2.10 bits per heavy atom. The monoisotopic (exact) mass is 298 g/mol. The molecule has 0 spiro atoms. The molecule has 3 rings (SSSR count). The number of rotatable bonds is 3. The summed E-state index contributed by atoms with van der Waals surface area (Å²) in [6.07, 6.45) is 1.81. The van der Waals surface area contributed by atoms with Gasteiger partial charge in [0.15, 0.2) is 0 Å². The Balaban J connectivity index is 1.89. The summed E-state index contributed by atoms with van der Waals surface area (Å²) in [4.78, 5) is 11.9. The second-order valence-electron chi connectivity index (χ2n) is 5.24. The van der Waals surface area contributed by atoms with Crippen molar-refractivity contribution in [2.24, 2.45) is 5.10 Å². The summed E-state index contributed by atoms with van der Waals surface area (Å²) in [7, 11) is 0. The number of carbonyl (C=O) groups is 1. The van der Waals surface area contributed by atoms with Crippen LogP contribution in [0.25, 0.3) is 0 Å². The van der Waals surface area contributed by atoms with Gasteiger partial charge in [-0.3, -0.25) is 4.79 Å². The van der Waals surface area contributed by atoms with E-state index < -0.39 is 0 Å². The van der Waals surface area contributed by atoms with Crippen molar-refractivity contribution in [1.29, 1.82) is 0 Å². The first-order valence-corrected chi connectivity index (χ1v) is 8.12. The quantitative estimate of drug-likeness (QED) is 0.842. The van der Waals surface area contributed by atoms with Gasteiger partial charge in [-0.15, -0.1) is 0 Å². The molecule has 0 radical (unpaired) electrons. The van der Waals surface area contributed by atoms with Crippen LogP contribution >= 0.6 is 11.3 Å². The normalized spacial score (nSPS) is 17.9. The average molecular weight is 298 g/mol. The molecule has 1 aliphatic heterocycles. The van der Waals surface area contributed by atoms with E-state index in [2.05, 4.69) is 47.7 Å². The van der Waals surface area contributed by atoms with Gasteiger partial charge >= 0.3 is 0 Å². The van der Waals surface area contributed by atoms with Crippen molar-refractivity contribution in [3.05, 3.63) is 57.8 Å². The Morgan fingerprint density at radius 1 is 1.33 bits per heavy atom. The minimum Gasteiger partial charge on any atom is -0.273 e. The Bertz CT molecular complexity index is 659. The summed E-state index contributed by atoms with van der Waals surface area (Å²) in [6, 6.07) is 10.6. The number of benzene rings is 1. The molecule has 2 aromatic rings. The van der Waals surface area contributed by atoms with E-state index in [0.29, 0.717) is 0 Å². The lowest BCUT2D eigenvalue weighted by atomic mass is 9.99. The third-order valence-corrected chi connectivity index (χ3v) is 4.56. The van der Waals surface area contributed by atoms with Crippen LogP contribution in [0, 0.1) is 0 Å². The molecule has 21 heavy (non-hydrogen) atoms.